The molecular formula is C14H16ClNO3S. The monoisotopic (exact) mass is 313 g/mol. The Balaban J connectivity index is 2.45. The van der Waals surface area contributed by atoms with Crippen LogP contribution >= 0.6 is 11.6 Å². The Bertz CT molecular complexity index is 715. The summed E-state index contributed by atoms with van der Waals surface area (Å²) in [7, 11) is -3.63. The average Bonchev–Trinajstić information content (AvgIpc) is 2.45. The number of aliphatic hydroxyl groups is 1. The van der Waals surface area contributed by atoms with E-state index in [1.165, 1.54) is 6.07 Å². The highest BCUT2D eigenvalue weighted by Gasteiger charge is 2.18. The third-order valence-corrected chi connectivity index (χ3v) is 4.87. The van der Waals surface area contributed by atoms with Gasteiger partial charge < -0.3 is 5.11 Å². The van der Waals surface area contributed by atoms with Crippen LogP contribution in [0.15, 0.2) is 41.3 Å². The maximum atomic E-state index is 12.3. The van der Waals surface area contributed by atoms with E-state index in [0.29, 0.717) is 15.8 Å². The van der Waals surface area contributed by atoms with Gasteiger partial charge in [0.2, 0.25) is 10.0 Å². The van der Waals surface area contributed by atoms with Crippen molar-refractivity contribution in [2.75, 3.05) is 13.2 Å². The molecule has 0 saturated carbocycles. The molecule has 2 rings (SSSR count). The predicted molar refractivity (Wildman–Crippen MR) is 80.4 cm³/mol. The van der Waals surface area contributed by atoms with E-state index in [9.17, 15) is 8.42 Å². The Hall–Kier alpha value is -1.14. The van der Waals surface area contributed by atoms with Crippen LogP contribution in [0.2, 0.25) is 5.02 Å². The first-order valence-corrected chi connectivity index (χ1v) is 8.09. The first kappa shape index (κ1) is 15.3. The van der Waals surface area contributed by atoms with Crippen LogP contribution in [-0.2, 0) is 10.0 Å². The molecule has 0 amide bonds. The van der Waals surface area contributed by atoms with Crippen LogP contribution < -0.4 is 4.72 Å². The molecule has 1 unspecified atom stereocenters. The molecule has 6 heteroatoms. The Labute approximate surface area is 123 Å². The highest BCUT2D eigenvalue weighted by atomic mass is 35.5. The lowest BCUT2D eigenvalue weighted by Crippen LogP contribution is -2.29. The van der Waals surface area contributed by atoms with Crippen LogP contribution in [0.5, 0.6) is 0 Å². The summed E-state index contributed by atoms with van der Waals surface area (Å²) in [6, 6.07) is 10.2. The van der Waals surface area contributed by atoms with E-state index >= 15 is 0 Å². The zero-order valence-corrected chi connectivity index (χ0v) is 12.6. The normalized spacial score (nSPS) is 13.6. The number of sulfonamides is 1. The van der Waals surface area contributed by atoms with Gasteiger partial charge in [0.1, 0.15) is 0 Å². The molecule has 1 atom stereocenters. The molecule has 20 heavy (non-hydrogen) atoms. The van der Waals surface area contributed by atoms with Crippen molar-refractivity contribution in [3.05, 3.63) is 41.4 Å². The van der Waals surface area contributed by atoms with E-state index < -0.39 is 10.0 Å². The quantitative estimate of drug-likeness (QED) is 0.890. The number of hydrogen-bond donors (Lipinski definition) is 2. The van der Waals surface area contributed by atoms with Gasteiger partial charge in [-0.1, -0.05) is 42.8 Å². The van der Waals surface area contributed by atoms with E-state index in [1.54, 1.807) is 31.2 Å². The maximum absolute atomic E-state index is 12.3. The minimum absolute atomic E-state index is 0.0656. The summed E-state index contributed by atoms with van der Waals surface area (Å²) in [5, 5.41) is 10.8. The third kappa shape index (κ3) is 3.12. The second kappa shape index (κ2) is 6.10. The van der Waals surface area contributed by atoms with Crippen LogP contribution in [-0.4, -0.2) is 26.7 Å². The van der Waals surface area contributed by atoms with Crippen LogP contribution in [0, 0.1) is 5.92 Å². The highest BCUT2D eigenvalue weighted by Crippen LogP contribution is 2.28. The maximum Gasteiger partial charge on any atom is 0.241 e. The molecule has 0 aliphatic rings. The second-order valence-electron chi connectivity index (χ2n) is 4.73. The van der Waals surface area contributed by atoms with Crippen molar-refractivity contribution in [2.24, 2.45) is 5.92 Å². The molecule has 4 nitrogen and oxygen atoms in total. The van der Waals surface area contributed by atoms with Gasteiger partial charge in [0.25, 0.3) is 0 Å². The lowest BCUT2D eigenvalue weighted by molar-refractivity contribution is 0.238. The first-order valence-electron chi connectivity index (χ1n) is 6.23. The van der Waals surface area contributed by atoms with Crippen molar-refractivity contribution in [3.63, 3.8) is 0 Å². The number of benzene rings is 2. The minimum atomic E-state index is -3.63. The van der Waals surface area contributed by atoms with E-state index in [2.05, 4.69) is 4.72 Å². The largest absolute Gasteiger partial charge is 0.396 e. The molecular weight excluding hydrogens is 298 g/mol. The zero-order valence-electron chi connectivity index (χ0n) is 11.0. The molecule has 2 N–H and O–H groups in total. The smallest absolute Gasteiger partial charge is 0.241 e. The summed E-state index contributed by atoms with van der Waals surface area (Å²) >= 11 is 6.08. The van der Waals surface area contributed by atoms with E-state index in [-0.39, 0.29) is 24.0 Å². The number of fused-ring (bicyclic) bond motifs is 1. The van der Waals surface area contributed by atoms with Gasteiger partial charge in [-0.05, 0) is 18.1 Å². The van der Waals surface area contributed by atoms with Crippen molar-refractivity contribution in [1.82, 2.24) is 4.72 Å². The summed E-state index contributed by atoms with van der Waals surface area (Å²) in [5.41, 5.74) is 0. The summed E-state index contributed by atoms with van der Waals surface area (Å²) < 4.78 is 27.2. The van der Waals surface area contributed by atoms with Crippen molar-refractivity contribution < 1.29 is 13.5 Å². The Morgan fingerprint density at radius 1 is 1.20 bits per heavy atom. The third-order valence-electron chi connectivity index (χ3n) is 3.05. The molecule has 0 saturated heterocycles. The Kier molecular flexibility index (Phi) is 4.65. The van der Waals surface area contributed by atoms with Gasteiger partial charge in [-0.25, -0.2) is 13.1 Å². The minimum Gasteiger partial charge on any atom is -0.396 e. The van der Waals surface area contributed by atoms with Crippen LogP contribution in [0.4, 0.5) is 0 Å². The topological polar surface area (TPSA) is 66.4 Å². The molecule has 0 aliphatic carbocycles. The fourth-order valence-corrected chi connectivity index (χ4v) is 3.47. The standard InChI is InChI=1S/C14H16ClNO3S/c1-10(9-17)8-16-20(18,19)14-7-6-13(15)11-4-2-3-5-12(11)14/h2-7,10,16-17H,8-9H2,1H3. The molecule has 2 aromatic rings. The molecule has 0 aromatic heterocycles. The van der Waals surface area contributed by atoms with Gasteiger partial charge in [0, 0.05) is 28.9 Å². The predicted octanol–water partition coefficient (Wildman–Crippen LogP) is 2.40. The average molecular weight is 314 g/mol. The molecule has 0 aliphatic heterocycles. The van der Waals surface area contributed by atoms with Gasteiger partial charge >= 0.3 is 0 Å². The summed E-state index contributed by atoms with van der Waals surface area (Å²) in [4.78, 5) is 0.197. The number of rotatable bonds is 5. The van der Waals surface area contributed by atoms with Crippen molar-refractivity contribution in [2.45, 2.75) is 11.8 Å². The van der Waals surface area contributed by atoms with Crippen molar-refractivity contribution in [1.29, 1.82) is 0 Å². The number of nitrogens with one attached hydrogen (secondary N) is 1. The van der Waals surface area contributed by atoms with Gasteiger partial charge in [-0.2, -0.15) is 0 Å². The van der Waals surface area contributed by atoms with Gasteiger partial charge in [0.15, 0.2) is 0 Å². The lowest BCUT2D eigenvalue weighted by Gasteiger charge is -2.12. The lowest BCUT2D eigenvalue weighted by atomic mass is 10.1. The fraction of sp³-hybridized carbons (Fsp3) is 0.286. The molecule has 108 valence electrons. The molecule has 2 aromatic carbocycles. The van der Waals surface area contributed by atoms with E-state index in [1.807, 2.05) is 6.07 Å². The van der Waals surface area contributed by atoms with Crippen molar-refractivity contribution >= 4 is 32.4 Å². The molecule has 0 radical (unpaired) electrons. The zero-order chi connectivity index (χ0) is 14.8. The number of aliphatic hydroxyl groups excluding tert-OH is 1. The second-order valence-corrected chi connectivity index (χ2v) is 6.87. The Morgan fingerprint density at radius 2 is 1.85 bits per heavy atom. The number of halogens is 1. The summed E-state index contributed by atoms with van der Waals surface area (Å²) in [6.07, 6.45) is 0. The van der Waals surface area contributed by atoms with Crippen LogP contribution in [0.25, 0.3) is 10.8 Å². The van der Waals surface area contributed by atoms with Gasteiger partial charge in [-0.3, -0.25) is 0 Å². The highest BCUT2D eigenvalue weighted by molar-refractivity contribution is 7.89. The van der Waals surface area contributed by atoms with Gasteiger partial charge in [0.05, 0.1) is 4.90 Å². The molecule has 0 bridgehead atoms. The van der Waals surface area contributed by atoms with Crippen LogP contribution in [0.1, 0.15) is 6.92 Å². The first-order chi connectivity index (χ1) is 9.45. The van der Waals surface area contributed by atoms with Crippen LogP contribution in [0.3, 0.4) is 0 Å². The fourth-order valence-electron chi connectivity index (χ4n) is 1.86. The molecule has 0 spiro atoms. The molecule has 0 heterocycles. The summed E-state index contributed by atoms with van der Waals surface area (Å²) in [6.45, 7) is 1.89. The van der Waals surface area contributed by atoms with E-state index in [4.69, 9.17) is 16.7 Å². The SMILES string of the molecule is CC(CO)CNS(=O)(=O)c1ccc(Cl)c2ccccc12. The Morgan fingerprint density at radius 3 is 2.50 bits per heavy atom. The van der Waals surface area contributed by atoms with Gasteiger partial charge in [-0.15, -0.1) is 0 Å². The molecule has 0 fully saturated rings. The van der Waals surface area contributed by atoms with E-state index in [0.717, 1.165) is 0 Å². The summed E-state index contributed by atoms with van der Waals surface area (Å²) in [5.74, 6) is -0.136. The number of hydrogen-bond acceptors (Lipinski definition) is 3. The van der Waals surface area contributed by atoms with Crippen molar-refractivity contribution in [3.8, 4) is 0 Å².